The Morgan fingerprint density at radius 3 is 2.58 bits per heavy atom. The van der Waals surface area contributed by atoms with E-state index in [1.165, 1.54) is 37.3 Å². The van der Waals surface area contributed by atoms with Crippen molar-refractivity contribution in [2.45, 2.75) is 32.4 Å². The summed E-state index contributed by atoms with van der Waals surface area (Å²) in [7, 11) is 0. The quantitative estimate of drug-likeness (QED) is 0.879. The lowest BCUT2D eigenvalue weighted by Crippen LogP contribution is -2.48. The summed E-state index contributed by atoms with van der Waals surface area (Å²) in [5.41, 5.74) is 2.98. The Kier molecular flexibility index (Phi) is 3.76. The highest BCUT2D eigenvalue weighted by atomic mass is 15.2. The first-order valence-corrected chi connectivity index (χ1v) is 7.57. The Bertz CT molecular complexity index is 424. The molecule has 3 nitrogen and oxygen atoms in total. The van der Waals surface area contributed by atoms with Gasteiger partial charge in [0, 0.05) is 50.5 Å². The molecule has 3 rings (SSSR count). The maximum Gasteiger partial charge on any atom is 0.0417 e. The molecule has 0 radical (unpaired) electrons. The van der Waals surface area contributed by atoms with Gasteiger partial charge < -0.3 is 10.2 Å². The molecule has 1 aromatic carbocycles. The summed E-state index contributed by atoms with van der Waals surface area (Å²) < 4.78 is 0. The van der Waals surface area contributed by atoms with Crippen molar-refractivity contribution in [3.05, 3.63) is 29.8 Å². The van der Waals surface area contributed by atoms with Crippen LogP contribution in [0.25, 0.3) is 0 Å². The number of rotatable bonds is 2. The number of para-hydroxylation sites is 1. The van der Waals surface area contributed by atoms with Gasteiger partial charge in [-0.15, -0.1) is 0 Å². The summed E-state index contributed by atoms with van der Waals surface area (Å²) in [4.78, 5) is 5.21. The van der Waals surface area contributed by atoms with E-state index in [-0.39, 0.29) is 0 Å². The first-order valence-electron chi connectivity index (χ1n) is 7.57. The van der Waals surface area contributed by atoms with Crippen molar-refractivity contribution in [2.75, 3.05) is 37.6 Å². The molecule has 0 aliphatic carbocycles. The highest BCUT2D eigenvalue weighted by Gasteiger charge is 2.30. The van der Waals surface area contributed by atoms with E-state index >= 15 is 0 Å². The zero-order chi connectivity index (χ0) is 13.2. The molecule has 2 heterocycles. The minimum Gasteiger partial charge on any atom is -0.369 e. The third-order valence-electron chi connectivity index (χ3n) is 4.46. The molecule has 1 N–H and O–H groups in total. The van der Waals surface area contributed by atoms with Gasteiger partial charge >= 0.3 is 0 Å². The lowest BCUT2D eigenvalue weighted by atomic mass is 9.93. The predicted octanol–water partition coefficient (Wildman–Crippen LogP) is 2.25. The maximum absolute atomic E-state index is 3.45. The Labute approximate surface area is 116 Å². The van der Waals surface area contributed by atoms with Gasteiger partial charge in [-0.25, -0.2) is 0 Å². The molecular weight excluding hydrogens is 234 g/mol. The van der Waals surface area contributed by atoms with Crippen molar-refractivity contribution in [3.8, 4) is 0 Å². The van der Waals surface area contributed by atoms with E-state index in [4.69, 9.17) is 0 Å². The Hall–Kier alpha value is -1.06. The summed E-state index contributed by atoms with van der Waals surface area (Å²) in [6, 6.07) is 10.2. The van der Waals surface area contributed by atoms with Crippen molar-refractivity contribution in [2.24, 2.45) is 0 Å². The van der Waals surface area contributed by atoms with Gasteiger partial charge in [-0.1, -0.05) is 18.2 Å². The van der Waals surface area contributed by atoms with Crippen LogP contribution in [0.4, 0.5) is 5.69 Å². The van der Waals surface area contributed by atoms with E-state index in [9.17, 15) is 0 Å². The molecule has 0 bridgehead atoms. The number of hydrogen-bond donors (Lipinski definition) is 1. The minimum atomic E-state index is 0.588. The van der Waals surface area contributed by atoms with Crippen LogP contribution in [-0.2, 0) is 0 Å². The van der Waals surface area contributed by atoms with Gasteiger partial charge in [0.2, 0.25) is 0 Å². The van der Waals surface area contributed by atoms with Gasteiger partial charge in [0.25, 0.3) is 0 Å². The van der Waals surface area contributed by atoms with Crippen molar-refractivity contribution >= 4 is 5.69 Å². The summed E-state index contributed by atoms with van der Waals surface area (Å²) in [5, 5.41) is 3.45. The zero-order valence-electron chi connectivity index (χ0n) is 12.1. The fourth-order valence-electron chi connectivity index (χ4n) is 3.48. The van der Waals surface area contributed by atoms with Crippen molar-refractivity contribution in [3.63, 3.8) is 0 Å². The van der Waals surface area contributed by atoms with Crippen LogP contribution >= 0.6 is 0 Å². The number of hydrogen-bond acceptors (Lipinski definition) is 3. The first kappa shape index (κ1) is 12.9. The summed E-state index contributed by atoms with van der Waals surface area (Å²) in [5.74, 6) is 0. The second-order valence-corrected chi connectivity index (χ2v) is 5.94. The molecule has 0 aromatic heterocycles. The third kappa shape index (κ3) is 2.49. The van der Waals surface area contributed by atoms with Crippen LogP contribution in [0.3, 0.4) is 0 Å². The Morgan fingerprint density at radius 2 is 1.84 bits per heavy atom. The summed E-state index contributed by atoms with van der Waals surface area (Å²) in [6.07, 6.45) is 1.26. The van der Waals surface area contributed by atoms with E-state index in [0.29, 0.717) is 12.1 Å². The molecule has 19 heavy (non-hydrogen) atoms. The number of fused-ring (bicyclic) bond motifs is 1. The van der Waals surface area contributed by atoms with Crippen molar-refractivity contribution < 1.29 is 0 Å². The van der Waals surface area contributed by atoms with Gasteiger partial charge in [-0.05, 0) is 31.9 Å². The number of nitrogens with zero attached hydrogens (tertiary/aromatic N) is 2. The van der Waals surface area contributed by atoms with Gasteiger partial charge in [0.05, 0.1) is 0 Å². The number of benzene rings is 1. The molecule has 0 spiro atoms. The van der Waals surface area contributed by atoms with Gasteiger partial charge in [0.15, 0.2) is 0 Å². The van der Waals surface area contributed by atoms with Gasteiger partial charge in [-0.3, -0.25) is 4.90 Å². The van der Waals surface area contributed by atoms with Crippen LogP contribution in [0, 0.1) is 0 Å². The number of anilines is 1. The average Bonchev–Trinajstić information content (AvgIpc) is 2.47. The van der Waals surface area contributed by atoms with E-state index < -0.39 is 0 Å². The average molecular weight is 259 g/mol. The smallest absolute Gasteiger partial charge is 0.0417 e. The monoisotopic (exact) mass is 259 g/mol. The Balaban J connectivity index is 1.89. The molecule has 0 amide bonds. The van der Waals surface area contributed by atoms with E-state index in [1.54, 1.807) is 0 Å². The third-order valence-corrected chi connectivity index (χ3v) is 4.46. The maximum atomic E-state index is 3.45. The molecular formula is C16H25N3. The lowest BCUT2D eigenvalue weighted by Gasteiger charge is -2.43. The molecule has 1 saturated heterocycles. The number of nitrogens with one attached hydrogen (secondary N) is 1. The summed E-state index contributed by atoms with van der Waals surface area (Å²) >= 11 is 0. The molecule has 1 aromatic rings. The molecule has 1 atom stereocenters. The van der Waals surface area contributed by atoms with Crippen LogP contribution in [0.5, 0.6) is 0 Å². The molecule has 104 valence electrons. The second kappa shape index (κ2) is 5.51. The normalized spacial score (nSPS) is 24.6. The zero-order valence-corrected chi connectivity index (χ0v) is 12.1. The molecule has 1 unspecified atom stereocenters. The van der Waals surface area contributed by atoms with E-state index in [2.05, 4.69) is 53.2 Å². The van der Waals surface area contributed by atoms with Crippen LogP contribution in [0.15, 0.2) is 24.3 Å². The second-order valence-electron chi connectivity index (χ2n) is 5.94. The van der Waals surface area contributed by atoms with E-state index in [1.807, 2.05) is 0 Å². The molecule has 0 saturated carbocycles. The Morgan fingerprint density at radius 1 is 1.11 bits per heavy atom. The van der Waals surface area contributed by atoms with Crippen LogP contribution < -0.4 is 10.2 Å². The molecule has 3 heteroatoms. The predicted molar refractivity (Wildman–Crippen MR) is 80.7 cm³/mol. The standard InChI is InChI=1S/C16H25N3/c1-13(2)19-10-7-15(18-11-8-17-9-12-18)14-5-3-4-6-16(14)19/h3-6,13,15,17H,7-12H2,1-2H3. The van der Waals surface area contributed by atoms with Gasteiger partial charge in [0.1, 0.15) is 0 Å². The fraction of sp³-hybridized carbons (Fsp3) is 0.625. The SMILES string of the molecule is CC(C)N1CCC(N2CCNCC2)c2ccccc21. The largest absolute Gasteiger partial charge is 0.369 e. The lowest BCUT2D eigenvalue weighted by molar-refractivity contribution is 0.162. The molecule has 2 aliphatic heterocycles. The van der Waals surface area contributed by atoms with Crippen molar-refractivity contribution in [1.29, 1.82) is 0 Å². The van der Waals surface area contributed by atoms with Crippen LogP contribution in [0.1, 0.15) is 31.9 Å². The number of piperazine rings is 1. The fourth-order valence-corrected chi connectivity index (χ4v) is 3.48. The van der Waals surface area contributed by atoms with Gasteiger partial charge in [-0.2, -0.15) is 0 Å². The highest BCUT2D eigenvalue weighted by Crippen LogP contribution is 2.38. The van der Waals surface area contributed by atoms with Crippen LogP contribution in [0.2, 0.25) is 0 Å². The topological polar surface area (TPSA) is 18.5 Å². The van der Waals surface area contributed by atoms with Crippen molar-refractivity contribution in [1.82, 2.24) is 10.2 Å². The molecule has 1 fully saturated rings. The highest BCUT2D eigenvalue weighted by molar-refractivity contribution is 5.57. The van der Waals surface area contributed by atoms with Crippen LogP contribution in [-0.4, -0.2) is 43.7 Å². The summed E-state index contributed by atoms with van der Waals surface area (Å²) in [6.45, 7) is 10.4. The minimum absolute atomic E-state index is 0.588. The first-order chi connectivity index (χ1) is 9.27. The van der Waals surface area contributed by atoms with E-state index in [0.717, 1.165) is 13.1 Å². The molecule has 2 aliphatic rings.